The third-order valence-corrected chi connectivity index (χ3v) is 8.17. The van der Waals surface area contributed by atoms with E-state index in [-0.39, 0.29) is 29.4 Å². The Morgan fingerprint density at radius 2 is 2.06 bits per heavy atom. The van der Waals surface area contributed by atoms with Gasteiger partial charge in [-0.3, -0.25) is 9.52 Å². The summed E-state index contributed by atoms with van der Waals surface area (Å²) in [6, 6.07) is 7.18. The van der Waals surface area contributed by atoms with Crippen molar-refractivity contribution < 1.29 is 23.1 Å². The molecular formula is C24H30ClNO5S. The van der Waals surface area contributed by atoms with Crippen molar-refractivity contribution in [3.8, 4) is 0 Å². The van der Waals surface area contributed by atoms with Gasteiger partial charge in [-0.05, 0) is 68.2 Å². The maximum absolute atomic E-state index is 13.1. The normalized spacial score (nSPS) is 26.9. The van der Waals surface area contributed by atoms with Gasteiger partial charge in [-0.2, -0.15) is 0 Å². The van der Waals surface area contributed by atoms with Crippen LogP contribution in [0.1, 0.15) is 50.0 Å². The minimum atomic E-state index is -3.50. The summed E-state index contributed by atoms with van der Waals surface area (Å²) in [4.78, 5) is 13.1. The largest absolute Gasteiger partial charge is 0.430 e. The Labute approximate surface area is 194 Å². The fourth-order valence-electron chi connectivity index (χ4n) is 4.88. The summed E-state index contributed by atoms with van der Waals surface area (Å²) in [5.41, 5.74) is 1.31. The highest BCUT2D eigenvalue weighted by Crippen LogP contribution is 2.51. The van der Waals surface area contributed by atoms with Crippen LogP contribution in [0.25, 0.3) is 0 Å². The number of allylic oxidation sites excluding steroid dienone is 3. The molecule has 1 heterocycles. The highest BCUT2D eigenvalue weighted by molar-refractivity contribution is 7.92. The number of benzene rings is 1. The van der Waals surface area contributed by atoms with Crippen LogP contribution in [0.3, 0.4) is 0 Å². The first-order valence-electron chi connectivity index (χ1n) is 11.3. The Kier molecular flexibility index (Phi) is 7.27. The molecule has 0 aromatic heterocycles. The highest BCUT2D eigenvalue weighted by atomic mass is 35.5. The van der Waals surface area contributed by atoms with Crippen LogP contribution in [0.2, 0.25) is 0 Å². The standard InChI is InChI=1S/C24H30ClNO5S/c25-13-6-14-32(29,30)26-18-8-5-7-17(15-18)21(16-11-12-16)22-23(27)19-9-3-1-2-4-10-20(19)31-24(22)28/h2,4-5,7-8,10,15-16,19,21-23,26-27H,1,3,6,9,11-14H2. The number of carbonyl (C=O) groups is 1. The molecule has 3 aliphatic rings. The van der Waals surface area contributed by atoms with Crippen LogP contribution in [0, 0.1) is 17.8 Å². The van der Waals surface area contributed by atoms with Gasteiger partial charge in [0, 0.05) is 23.4 Å². The van der Waals surface area contributed by atoms with Crippen molar-refractivity contribution in [3.63, 3.8) is 0 Å². The lowest BCUT2D eigenvalue weighted by molar-refractivity contribution is -0.160. The number of aliphatic hydroxyl groups excluding tert-OH is 1. The van der Waals surface area contributed by atoms with Gasteiger partial charge in [0.05, 0.1) is 17.8 Å². The lowest BCUT2D eigenvalue weighted by Crippen LogP contribution is -2.45. The van der Waals surface area contributed by atoms with Gasteiger partial charge in [0.15, 0.2) is 0 Å². The number of fused-ring (bicyclic) bond motifs is 1. The smallest absolute Gasteiger partial charge is 0.317 e. The maximum Gasteiger partial charge on any atom is 0.317 e. The Morgan fingerprint density at radius 3 is 2.81 bits per heavy atom. The molecule has 2 fully saturated rings. The third-order valence-electron chi connectivity index (χ3n) is 6.53. The summed E-state index contributed by atoms with van der Waals surface area (Å²) < 4.78 is 33.0. The number of halogens is 1. The lowest BCUT2D eigenvalue weighted by Gasteiger charge is -2.39. The number of ether oxygens (including phenoxy) is 1. The van der Waals surface area contributed by atoms with E-state index in [1.54, 1.807) is 24.3 Å². The molecule has 4 unspecified atom stereocenters. The number of hydrogen-bond acceptors (Lipinski definition) is 5. The Balaban J connectivity index is 1.61. The molecule has 2 N–H and O–H groups in total. The van der Waals surface area contributed by atoms with Crippen LogP contribution in [-0.4, -0.2) is 37.2 Å². The molecule has 1 saturated carbocycles. The van der Waals surface area contributed by atoms with Crippen molar-refractivity contribution >= 4 is 33.3 Å². The van der Waals surface area contributed by atoms with Crippen molar-refractivity contribution in [1.29, 1.82) is 0 Å². The number of anilines is 1. The number of sulfonamides is 1. The van der Waals surface area contributed by atoms with Gasteiger partial charge >= 0.3 is 5.97 Å². The average molecular weight is 480 g/mol. The van der Waals surface area contributed by atoms with Crippen molar-refractivity contribution in [2.75, 3.05) is 16.4 Å². The summed E-state index contributed by atoms with van der Waals surface area (Å²) >= 11 is 5.63. The van der Waals surface area contributed by atoms with Crippen LogP contribution in [0.15, 0.2) is 48.3 Å². The number of carbonyl (C=O) groups excluding carboxylic acids is 1. The van der Waals surface area contributed by atoms with E-state index in [0.717, 1.165) is 37.7 Å². The molecule has 174 valence electrons. The van der Waals surface area contributed by atoms with E-state index < -0.39 is 28.0 Å². The fourth-order valence-corrected chi connectivity index (χ4v) is 6.28. The summed E-state index contributed by atoms with van der Waals surface area (Å²) in [5.74, 6) is -0.455. The first-order chi connectivity index (χ1) is 15.4. The van der Waals surface area contributed by atoms with Crippen molar-refractivity contribution in [1.82, 2.24) is 0 Å². The van der Waals surface area contributed by atoms with Gasteiger partial charge in [0.1, 0.15) is 5.76 Å². The molecule has 8 heteroatoms. The molecular weight excluding hydrogens is 450 g/mol. The molecule has 1 aliphatic heterocycles. The second-order valence-electron chi connectivity index (χ2n) is 8.92. The zero-order valence-corrected chi connectivity index (χ0v) is 19.5. The molecule has 4 rings (SSSR count). The topological polar surface area (TPSA) is 92.7 Å². The van der Waals surface area contributed by atoms with Gasteiger partial charge in [-0.1, -0.05) is 24.3 Å². The zero-order valence-electron chi connectivity index (χ0n) is 18.0. The minimum absolute atomic E-state index is 0.0499. The third kappa shape index (κ3) is 5.38. The van der Waals surface area contributed by atoms with Crippen molar-refractivity contribution in [2.45, 2.75) is 50.5 Å². The highest BCUT2D eigenvalue weighted by Gasteiger charge is 2.50. The number of hydrogen-bond donors (Lipinski definition) is 2. The molecule has 32 heavy (non-hydrogen) atoms. The molecule has 1 saturated heterocycles. The van der Waals surface area contributed by atoms with E-state index >= 15 is 0 Å². The summed E-state index contributed by atoms with van der Waals surface area (Å²) in [5, 5.41) is 11.3. The SMILES string of the molecule is O=C1OC2=CC=CCCCC2C(O)C1C(c1cccc(NS(=O)(=O)CCCCl)c1)C1CC1. The molecule has 0 bridgehead atoms. The second-order valence-corrected chi connectivity index (χ2v) is 11.1. The van der Waals surface area contributed by atoms with Gasteiger partial charge in [0.25, 0.3) is 0 Å². The molecule has 0 amide bonds. The lowest BCUT2D eigenvalue weighted by atomic mass is 9.72. The molecule has 6 nitrogen and oxygen atoms in total. The number of aliphatic hydroxyl groups is 1. The van der Waals surface area contributed by atoms with E-state index in [9.17, 15) is 18.3 Å². The monoisotopic (exact) mass is 479 g/mol. The van der Waals surface area contributed by atoms with Crippen molar-refractivity contribution in [2.24, 2.45) is 17.8 Å². The summed E-state index contributed by atoms with van der Waals surface area (Å²) in [6.07, 6.45) is 9.84. The fraction of sp³-hybridized carbons (Fsp3) is 0.542. The van der Waals surface area contributed by atoms with Crippen LogP contribution in [0.5, 0.6) is 0 Å². The predicted molar refractivity (Wildman–Crippen MR) is 125 cm³/mol. The van der Waals surface area contributed by atoms with Crippen LogP contribution in [-0.2, 0) is 19.6 Å². The first-order valence-corrected chi connectivity index (χ1v) is 13.5. The molecule has 0 radical (unpaired) electrons. The van der Waals surface area contributed by atoms with Gasteiger partial charge in [-0.15, -0.1) is 11.6 Å². The number of alkyl halides is 1. The average Bonchev–Trinajstić information content (AvgIpc) is 3.56. The maximum atomic E-state index is 13.1. The van der Waals surface area contributed by atoms with E-state index in [2.05, 4.69) is 4.72 Å². The van der Waals surface area contributed by atoms with E-state index in [4.69, 9.17) is 16.3 Å². The van der Waals surface area contributed by atoms with Gasteiger partial charge in [0.2, 0.25) is 10.0 Å². The molecule has 4 atom stereocenters. The Bertz CT molecular complexity index is 1000. The van der Waals surface area contributed by atoms with Crippen LogP contribution in [0.4, 0.5) is 5.69 Å². The van der Waals surface area contributed by atoms with Gasteiger partial charge in [-0.25, -0.2) is 8.42 Å². The minimum Gasteiger partial charge on any atom is -0.430 e. The van der Waals surface area contributed by atoms with Crippen LogP contribution >= 0.6 is 11.6 Å². The first kappa shape index (κ1) is 23.3. The number of nitrogens with one attached hydrogen (secondary N) is 1. The Morgan fingerprint density at radius 1 is 1.25 bits per heavy atom. The van der Waals surface area contributed by atoms with E-state index in [0.29, 0.717) is 17.9 Å². The molecule has 1 aromatic rings. The van der Waals surface area contributed by atoms with Crippen LogP contribution < -0.4 is 4.72 Å². The summed E-state index contributed by atoms with van der Waals surface area (Å²) in [7, 11) is -3.50. The van der Waals surface area contributed by atoms with Crippen molar-refractivity contribution in [3.05, 3.63) is 53.8 Å². The predicted octanol–water partition coefficient (Wildman–Crippen LogP) is 4.32. The second kappa shape index (κ2) is 9.98. The zero-order chi connectivity index (χ0) is 22.7. The molecule has 1 aromatic carbocycles. The molecule has 0 spiro atoms. The summed E-state index contributed by atoms with van der Waals surface area (Å²) in [6.45, 7) is 0. The number of rotatable bonds is 8. The van der Waals surface area contributed by atoms with Gasteiger partial charge < -0.3 is 9.84 Å². The Hall–Kier alpha value is -1.83. The quantitative estimate of drug-likeness (QED) is 0.427. The number of esters is 1. The van der Waals surface area contributed by atoms with E-state index in [1.807, 2.05) is 18.2 Å². The molecule has 2 aliphatic carbocycles. The van der Waals surface area contributed by atoms with E-state index in [1.165, 1.54) is 0 Å².